The average Bonchev–Trinajstić information content (AvgIpc) is 2.84. The SMILES string of the molecule is C[N+]1(c2ccccc2)Cc2cccc3c2N(CC3)C1. The fourth-order valence-corrected chi connectivity index (χ4v) is 3.65. The molecular weight excluding hydrogens is 232 g/mol. The minimum Gasteiger partial charge on any atom is -0.324 e. The van der Waals surface area contributed by atoms with Crippen LogP contribution in [0.3, 0.4) is 0 Å². The van der Waals surface area contributed by atoms with Gasteiger partial charge in [-0.25, -0.2) is 0 Å². The molecule has 0 fully saturated rings. The Morgan fingerprint density at radius 3 is 2.58 bits per heavy atom. The molecule has 2 heteroatoms. The molecule has 19 heavy (non-hydrogen) atoms. The lowest BCUT2D eigenvalue weighted by molar-refractivity contribution is 0.308. The molecule has 4 rings (SSSR count). The molecule has 2 nitrogen and oxygen atoms in total. The highest BCUT2D eigenvalue weighted by atomic mass is 15.5. The second-order valence-electron chi connectivity index (χ2n) is 5.97. The molecule has 2 aliphatic rings. The summed E-state index contributed by atoms with van der Waals surface area (Å²) >= 11 is 0. The largest absolute Gasteiger partial charge is 0.324 e. The first-order valence-corrected chi connectivity index (χ1v) is 7.02. The Balaban J connectivity index is 1.81. The maximum Gasteiger partial charge on any atom is 0.159 e. The van der Waals surface area contributed by atoms with Gasteiger partial charge in [0.05, 0.1) is 12.7 Å². The summed E-state index contributed by atoms with van der Waals surface area (Å²) in [6.07, 6.45) is 1.21. The number of hydrogen-bond donors (Lipinski definition) is 0. The molecule has 1 atom stereocenters. The van der Waals surface area contributed by atoms with Gasteiger partial charge in [0.25, 0.3) is 0 Å². The molecule has 2 aliphatic heterocycles. The fourth-order valence-electron chi connectivity index (χ4n) is 3.65. The number of benzene rings is 2. The molecular formula is C17H19N2+. The smallest absolute Gasteiger partial charge is 0.159 e. The highest BCUT2D eigenvalue weighted by molar-refractivity contribution is 5.66. The topological polar surface area (TPSA) is 3.24 Å². The zero-order valence-electron chi connectivity index (χ0n) is 11.3. The first kappa shape index (κ1) is 11.1. The van der Waals surface area contributed by atoms with Gasteiger partial charge in [-0.1, -0.05) is 36.4 Å². The highest BCUT2D eigenvalue weighted by Crippen LogP contribution is 2.39. The summed E-state index contributed by atoms with van der Waals surface area (Å²) in [4.78, 5) is 2.57. The second-order valence-corrected chi connectivity index (χ2v) is 5.97. The van der Waals surface area contributed by atoms with Crippen molar-refractivity contribution >= 4 is 11.4 Å². The van der Waals surface area contributed by atoms with Crippen molar-refractivity contribution < 1.29 is 0 Å². The van der Waals surface area contributed by atoms with Gasteiger partial charge in [0.2, 0.25) is 0 Å². The monoisotopic (exact) mass is 251 g/mol. The van der Waals surface area contributed by atoms with E-state index in [4.69, 9.17) is 0 Å². The second kappa shape index (κ2) is 3.84. The lowest BCUT2D eigenvalue weighted by atomic mass is 10.0. The standard InChI is InChI=1S/C17H19N2/c1-19(16-8-3-2-4-9-16)12-15-7-5-6-14-10-11-18(13-19)17(14)15/h2-9H,10-13H2,1H3/q+1. The summed E-state index contributed by atoms with van der Waals surface area (Å²) in [7, 11) is 2.35. The van der Waals surface area contributed by atoms with Gasteiger partial charge in [-0.05, 0) is 24.1 Å². The van der Waals surface area contributed by atoms with Crippen LogP contribution in [-0.4, -0.2) is 20.3 Å². The molecule has 0 spiro atoms. The lowest BCUT2D eigenvalue weighted by Crippen LogP contribution is -2.54. The Morgan fingerprint density at radius 2 is 1.74 bits per heavy atom. The number of quaternary nitrogens is 1. The third-order valence-corrected chi connectivity index (χ3v) is 4.55. The summed E-state index contributed by atoms with van der Waals surface area (Å²) < 4.78 is 0.983. The highest BCUT2D eigenvalue weighted by Gasteiger charge is 2.38. The van der Waals surface area contributed by atoms with Crippen LogP contribution < -0.4 is 9.38 Å². The van der Waals surface area contributed by atoms with Crippen molar-refractivity contribution in [1.29, 1.82) is 0 Å². The third kappa shape index (κ3) is 1.60. The van der Waals surface area contributed by atoms with Crippen molar-refractivity contribution in [3.05, 3.63) is 59.7 Å². The van der Waals surface area contributed by atoms with Crippen molar-refractivity contribution in [2.75, 3.05) is 25.2 Å². The molecule has 0 aliphatic carbocycles. The number of nitrogens with zero attached hydrogens (tertiary/aromatic N) is 2. The first-order chi connectivity index (χ1) is 9.26. The molecule has 2 aromatic carbocycles. The Morgan fingerprint density at radius 1 is 0.947 bits per heavy atom. The van der Waals surface area contributed by atoms with Gasteiger partial charge in [-0.3, -0.25) is 4.48 Å². The van der Waals surface area contributed by atoms with Crippen LogP contribution in [0.5, 0.6) is 0 Å². The molecule has 0 saturated heterocycles. The van der Waals surface area contributed by atoms with Gasteiger partial charge in [0.1, 0.15) is 12.2 Å². The maximum absolute atomic E-state index is 2.57. The molecule has 0 N–H and O–H groups in total. The number of hydrogen-bond acceptors (Lipinski definition) is 1. The Bertz CT molecular complexity index is 620. The zero-order valence-corrected chi connectivity index (χ0v) is 11.3. The van der Waals surface area contributed by atoms with Crippen molar-refractivity contribution in [1.82, 2.24) is 4.48 Å². The van der Waals surface area contributed by atoms with E-state index in [1.165, 1.54) is 35.5 Å². The van der Waals surface area contributed by atoms with E-state index in [0.29, 0.717) is 0 Å². The van der Waals surface area contributed by atoms with E-state index in [-0.39, 0.29) is 0 Å². The van der Waals surface area contributed by atoms with Gasteiger partial charge in [-0.2, -0.15) is 0 Å². The van der Waals surface area contributed by atoms with Crippen LogP contribution in [0, 0.1) is 0 Å². The Labute approximate surface area is 114 Å². The molecule has 0 aromatic heterocycles. The molecule has 2 heterocycles. The lowest BCUT2D eigenvalue weighted by Gasteiger charge is -2.42. The summed E-state index contributed by atoms with van der Waals surface area (Å²) in [6, 6.07) is 17.7. The van der Waals surface area contributed by atoms with E-state index < -0.39 is 0 Å². The number of anilines is 1. The van der Waals surface area contributed by atoms with Crippen LogP contribution in [0.2, 0.25) is 0 Å². The first-order valence-electron chi connectivity index (χ1n) is 7.02. The van der Waals surface area contributed by atoms with Gasteiger partial charge in [0, 0.05) is 12.1 Å². The van der Waals surface area contributed by atoms with E-state index >= 15 is 0 Å². The molecule has 96 valence electrons. The van der Waals surface area contributed by atoms with Crippen molar-refractivity contribution in [2.45, 2.75) is 13.0 Å². The fraction of sp³-hybridized carbons (Fsp3) is 0.294. The normalized spacial score (nSPS) is 24.4. The van der Waals surface area contributed by atoms with Gasteiger partial charge in [-0.15, -0.1) is 0 Å². The van der Waals surface area contributed by atoms with Crippen LogP contribution >= 0.6 is 0 Å². The summed E-state index contributed by atoms with van der Waals surface area (Å²) in [5.74, 6) is 0. The van der Waals surface area contributed by atoms with E-state index in [9.17, 15) is 0 Å². The molecule has 0 saturated carbocycles. The van der Waals surface area contributed by atoms with Crippen LogP contribution in [0.1, 0.15) is 11.1 Å². The Hall–Kier alpha value is -1.80. The van der Waals surface area contributed by atoms with Crippen LogP contribution in [0.15, 0.2) is 48.5 Å². The van der Waals surface area contributed by atoms with E-state index in [2.05, 4.69) is 60.5 Å². The molecule has 0 radical (unpaired) electrons. The minimum atomic E-state index is 0.983. The predicted octanol–water partition coefficient (Wildman–Crippen LogP) is 3.16. The third-order valence-electron chi connectivity index (χ3n) is 4.55. The minimum absolute atomic E-state index is 0.983. The summed E-state index contributed by atoms with van der Waals surface area (Å²) in [5, 5.41) is 0. The average molecular weight is 251 g/mol. The molecule has 1 unspecified atom stereocenters. The molecule has 2 aromatic rings. The quantitative estimate of drug-likeness (QED) is 0.704. The predicted molar refractivity (Wildman–Crippen MR) is 80.2 cm³/mol. The number of para-hydroxylation sites is 2. The van der Waals surface area contributed by atoms with Gasteiger partial charge in [0.15, 0.2) is 6.67 Å². The van der Waals surface area contributed by atoms with Crippen LogP contribution in [0.25, 0.3) is 0 Å². The van der Waals surface area contributed by atoms with Gasteiger partial charge < -0.3 is 4.90 Å². The van der Waals surface area contributed by atoms with Gasteiger partial charge >= 0.3 is 0 Å². The zero-order chi connectivity index (χ0) is 12.9. The number of rotatable bonds is 1. The van der Waals surface area contributed by atoms with Crippen molar-refractivity contribution in [3.8, 4) is 0 Å². The van der Waals surface area contributed by atoms with Crippen LogP contribution in [-0.2, 0) is 13.0 Å². The summed E-state index contributed by atoms with van der Waals surface area (Å²) in [6.45, 7) is 3.37. The van der Waals surface area contributed by atoms with Crippen molar-refractivity contribution in [2.24, 2.45) is 0 Å². The Kier molecular flexibility index (Phi) is 2.24. The van der Waals surface area contributed by atoms with E-state index in [0.717, 1.165) is 17.7 Å². The van der Waals surface area contributed by atoms with E-state index in [1.807, 2.05) is 0 Å². The van der Waals surface area contributed by atoms with Crippen LogP contribution in [0.4, 0.5) is 11.4 Å². The van der Waals surface area contributed by atoms with Crippen molar-refractivity contribution in [3.63, 3.8) is 0 Å². The van der Waals surface area contributed by atoms with E-state index in [1.54, 1.807) is 0 Å². The summed E-state index contributed by atoms with van der Waals surface area (Å²) in [5.41, 5.74) is 5.98. The maximum atomic E-state index is 2.57. The molecule has 0 bridgehead atoms. The molecule has 0 amide bonds.